The van der Waals surface area contributed by atoms with Gasteiger partial charge in [-0.25, -0.2) is 0 Å². The molecule has 2 aromatic rings. The van der Waals surface area contributed by atoms with Crippen LogP contribution in [0.15, 0.2) is 46.7 Å². The Morgan fingerprint density at radius 3 is 2.62 bits per heavy atom. The van der Waals surface area contributed by atoms with E-state index in [-0.39, 0.29) is 29.7 Å². The molecule has 3 rings (SSSR count). The van der Waals surface area contributed by atoms with Gasteiger partial charge < -0.3 is 10.6 Å². The highest BCUT2D eigenvalue weighted by Gasteiger charge is 2.41. The first kappa shape index (κ1) is 18.6. The van der Waals surface area contributed by atoms with Crippen LogP contribution in [0.1, 0.15) is 10.4 Å². The second-order valence-corrected chi connectivity index (χ2v) is 8.62. The number of rotatable bonds is 7. The number of hydrogen-bond donors (Lipinski definition) is 2. The smallest absolute Gasteiger partial charge is 0.297 e. The normalized spacial score (nSPS) is 19.5. The summed E-state index contributed by atoms with van der Waals surface area (Å²) in [6.07, 6.45) is 0.177. The lowest BCUT2D eigenvalue weighted by atomic mass is 10.00. The summed E-state index contributed by atoms with van der Waals surface area (Å²) in [4.78, 5) is 24.6. The highest BCUT2D eigenvalue weighted by Crippen LogP contribution is 2.16. The van der Waals surface area contributed by atoms with Gasteiger partial charge in [0.2, 0.25) is 11.8 Å². The number of thiophene rings is 1. The third kappa shape index (κ3) is 4.29. The number of β-lactam (4-membered cyclic amide) rings is 1. The van der Waals surface area contributed by atoms with Gasteiger partial charge in [0.1, 0.15) is 6.04 Å². The molecule has 9 heteroatoms. The Kier molecular flexibility index (Phi) is 5.40. The molecule has 0 spiro atoms. The van der Waals surface area contributed by atoms with Gasteiger partial charge in [-0.05, 0) is 30.5 Å². The van der Waals surface area contributed by atoms with E-state index in [1.165, 1.54) is 23.5 Å². The van der Waals surface area contributed by atoms with Gasteiger partial charge in [-0.1, -0.05) is 23.8 Å². The standard InChI is InChI=1S/C17H18N2O5S2/c1-11-4-6-13(7-5-11)26(22,23)24-10-14-16(17(21)18-14)19-15(20)9-12-3-2-8-25-12/h2-8,14,16H,9-10H2,1H3,(H,18,21)(H,19,20)/t14-,16+/m0/s1. The van der Waals surface area contributed by atoms with E-state index in [1.807, 2.05) is 24.4 Å². The van der Waals surface area contributed by atoms with Crippen molar-refractivity contribution in [1.82, 2.24) is 10.6 Å². The summed E-state index contributed by atoms with van der Waals surface area (Å²) in [7, 11) is -3.92. The minimum atomic E-state index is -3.92. The summed E-state index contributed by atoms with van der Waals surface area (Å²) >= 11 is 1.45. The molecule has 1 aromatic heterocycles. The van der Waals surface area contributed by atoms with E-state index < -0.39 is 22.2 Å². The summed E-state index contributed by atoms with van der Waals surface area (Å²) in [5.41, 5.74) is 0.934. The molecule has 1 aliphatic rings. The molecule has 0 unspecified atom stereocenters. The molecule has 1 aliphatic heterocycles. The highest BCUT2D eigenvalue weighted by molar-refractivity contribution is 7.86. The molecular formula is C17H18N2O5S2. The Balaban J connectivity index is 1.55. The molecule has 2 heterocycles. The topological polar surface area (TPSA) is 102 Å². The summed E-state index contributed by atoms with van der Waals surface area (Å²) in [6, 6.07) is 8.57. The van der Waals surface area contributed by atoms with Gasteiger partial charge in [-0.3, -0.25) is 13.8 Å². The maximum Gasteiger partial charge on any atom is 0.297 e. The molecule has 1 saturated heterocycles. The molecular weight excluding hydrogens is 376 g/mol. The molecule has 0 bridgehead atoms. The van der Waals surface area contributed by atoms with Gasteiger partial charge in [0.25, 0.3) is 10.1 Å². The van der Waals surface area contributed by atoms with E-state index in [9.17, 15) is 18.0 Å². The average molecular weight is 394 g/mol. The van der Waals surface area contributed by atoms with Crippen LogP contribution in [0.2, 0.25) is 0 Å². The maximum atomic E-state index is 12.2. The molecule has 1 fully saturated rings. The molecule has 1 aromatic carbocycles. The molecule has 7 nitrogen and oxygen atoms in total. The fourth-order valence-corrected chi connectivity index (χ4v) is 4.11. The Hall–Kier alpha value is -2.23. The van der Waals surface area contributed by atoms with Gasteiger partial charge in [0.05, 0.1) is 24.0 Å². The molecule has 138 valence electrons. The quantitative estimate of drug-likeness (QED) is 0.539. The Bertz CT molecular complexity index is 892. The van der Waals surface area contributed by atoms with Crippen molar-refractivity contribution in [3.63, 3.8) is 0 Å². The van der Waals surface area contributed by atoms with Crippen LogP contribution in [0.5, 0.6) is 0 Å². The number of benzene rings is 1. The molecule has 0 aliphatic carbocycles. The fraction of sp³-hybridized carbons (Fsp3) is 0.294. The van der Waals surface area contributed by atoms with Crippen molar-refractivity contribution in [3.05, 3.63) is 52.2 Å². The number of carbonyl (C=O) groups is 2. The van der Waals surface area contributed by atoms with Crippen molar-refractivity contribution in [1.29, 1.82) is 0 Å². The monoisotopic (exact) mass is 394 g/mol. The number of carbonyl (C=O) groups excluding carboxylic acids is 2. The SMILES string of the molecule is Cc1ccc(S(=O)(=O)OC[C@@H]2NC(=O)[C@@H]2NC(=O)Cc2cccs2)cc1. The first-order valence-corrected chi connectivity index (χ1v) is 10.2. The van der Waals surface area contributed by atoms with Crippen molar-refractivity contribution in [2.24, 2.45) is 0 Å². The zero-order chi connectivity index (χ0) is 18.7. The first-order valence-electron chi connectivity index (χ1n) is 7.93. The fourth-order valence-electron chi connectivity index (χ4n) is 2.48. The minimum Gasteiger partial charge on any atom is -0.347 e. The van der Waals surface area contributed by atoms with Crippen LogP contribution in [0, 0.1) is 6.92 Å². The lowest BCUT2D eigenvalue weighted by molar-refractivity contribution is -0.136. The van der Waals surface area contributed by atoms with Crippen LogP contribution in [0.3, 0.4) is 0 Å². The van der Waals surface area contributed by atoms with Crippen molar-refractivity contribution in [3.8, 4) is 0 Å². The number of hydrogen-bond acceptors (Lipinski definition) is 6. The van der Waals surface area contributed by atoms with Crippen LogP contribution < -0.4 is 10.6 Å². The van der Waals surface area contributed by atoms with E-state index in [0.29, 0.717) is 0 Å². The summed E-state index contributed by atoms with van der Waals surface area (Å²) < 4.78 is 29.4. The van der Waals surface area contributed by atoms with Crippen LogP contribution in [0.25, 0.3) is 0 Å². The van der Waals surface area contributed by atoms with E-state index in [1.54, 1.807) is 12.1 Å². The number of amides is 2. The van der Waals surface area contributed by atoms with Crippen molar-refractivity contribution >= 4 is 33.3 Å². The zero-order valence-electron chi connectivity index (χ0n) is 14.0. The Morgan fingerprint density at radius 2 is 2.00 bits per heavy atom. The lowest BCUT2D eigenvalue weighted by Gasteiger charge is -2.36. The van der Waals surface area contributed by atoms with Gasteiger partial charge in [-0.2, -0.15) is 8.42 Å². The van der Waals surface area contributed by atoms with E-state index in [4.69, 9.17) is 4.18 Å². The molecule has 26 heavy (non-hydrogen) atoms. The van der Waals surface area contributed by atoms with Crippen LogP contribution >= 0.6 is 11.3 Å². The zero-order valence-corrected chi connectivity index (χ0v) is 15.6. The average Bonchev–Trinajstić information content (AvgIpc) is 3.10. The third-order valence-corrected chi connectivity index (χ3v) is 6.13. The largest absolute Gasteiger partial charge is 0.347 e. The van der Waals surface area contributed by atoms with Crippen LogP contribution in [-0.2, 0) is 30.3 Å². The third-order valence-electron chi connectivity index (χ3n) is 3.96. The van der Waals surface area contributed by atoms with Crippen molar-refractivity contribution in [2.45, 2.75) is 30.3 Å². The number of aryl methyl sites for hydroxylation is 1. The molecule has 2 amide bonds. The van der Waals surface area contributed by atoms with Crippen molar-refractivity contribution < 1.29 is 22.2 Å². The Morgan fingerprint density at radius 1 is 1.27 bits per heavy atom. The van der Waals surface area contributed by atoms with Gasteiger partial charge in [0, 0.05) is 4.88 Å². The molecule has 2 atom stereocenters. The highest BCUT2D eigenvalue weighted by atomic mass is 32.2. The Labute approximate surface area is 155 Å². The first-order chi connectivity index (χ1) is 12.3. The second-order valence-electron chi connectivity index (χ2n) is 5.97. The maximum absolute atomic E-state index is 12.2. The summed E-state index contributed by atoms with van der Waals surface area (Å²) in [6.45, 7) is 1.61. The minimum absolute atomic E-state index is 0.0482. The summed E-state index contributed by atoms with van der Waals surface area (Å²) in [5, 5.41) is 7.03. The predicted octanol–water partition coefficient (Wildman–Crippen LogP) is 0.988. The molecule has 2 N–H and O–H groups in total. The van der Waals surface area contributed by atoms with Gasteiger partial charge >= 0.3 is 0 Å². The van der Waals surface area contributed by atoms with Crippen molar-refractivity contribution in [2.75, 3.05) is 6.61 Å². The predicted molar refractivity (Wildman–Crippen MR) is 96.2 cm³/mol. The molecule has 0 saturated carbocycles. The van der Waals surface area contributed by atoms with Gasteiger partial charge in [0.15, 0.2) is 0 Å². The number of nitrogens with one attached hydrogen (secondary N) is 2. The van der Waals surface area contributed by atoms with Crippen LogP contribution in [0.4, 0.5) is 0 Å². The summed E-state index contributed by atoms with van der Waals surface area (Å²) in [5.74, 6) is -0.649. The van der Waals surface area contributed by atoms with Gasteiger partial charge in [-0.15, -0.1) is 11.3 Å². The molecule has 0 radical (unpaired) electrons. The van der Waals surface area contributed by atoms with E-state index >= 15 is 0 Å². The second kappa shape index (κ2) is 7.56. The van der Waals surface area contributed by atoms with E-state index in [0.717, 1.165) is 10.4 Å². The van der Waals surface area contributed by atoms with E-state index in [2.05, 4.69) is 10.6 Å². The van der Waals surface area contributed by atoms with Crippen LogP contribution in [-0.4, -0.2) is 38.9 Å². The lowest BCUT2D eigenvalue weighted by Crippen LogP contribution is -2.70.